The lowest BCUT2D eigenvalue weighted by Crippen LogP contribution is -2.43. The molecule has 1 heterocycles. The number of nitrogens with one attached hydrogen (secondary N) is 1. The van der Waals surface area contributed by atoms with Crippen LogP contribution in [0.5, 0.6) is 0 Å². The Hall–Kier alpha value is -2.18. The summed E-state index contributed by atoms with van der Waals surface area (Å²) in [6, 6.07) is 15.2. The number of sulfonamides is 1. The second-order valence-corrected chi connectivity index (χ2v) is 10.6. The van der Waals surface area contributed by atoms with Gasteiger partial charge in [-0.3, -0.25) is 4.79 Å². The molecule has 0 aromatic heterocycles. The molecule has 1 aliphatic heterocycles. The molecule has 0 spiro atoms. The van der Waals surface area contributed by atoms with Crippen molar-refractivity contribution >= 4 is 15.9 Å². The van der Waals surface area contributed by atoms with E-state index in [1.807, 2.05) is 6.07 Å². The average Bonchev–Trinajstić information content (AvgIpc) is 2.82. The van der Waals surface area contributed by atoms with E-state index in [2.05, 4.69) is 30.4 Å². The Bertz CT molecular complexity index is 1010. The highest BCUT2D eigenvalue weighted by Gasteiger charge is 2.32. The van der Waals surface area contributed by atoms with Gasteiger partial charge in [-0.2, -0.15) is 4.31 Å². The van der Waals surface area contributed by atoms with Crippen LogP contribution in [0.2, 0.25) is 0 Å². The molecule has 0 radical (unpaired) electrons. The number of aryl methyl sites for hydroxylation is 2. The zero-order chi connectivity index (χ0) is 21.8. The van der Waals surface area contributed by atoms with Crippen LogP contribution < -0.4 is 5.32 Å². The van der Waals surface area contributed by atoms with Gasteiger partial charge in [0.2, 0.25) is 15.9 Å². The lowest BCUT2D eigenvalue weighted by Gasteiger charge is -2.31. The van der Waals surface area contributed by atoms with Gasteiger partial charge in [0.1, 0.15) is 0 Å². The van der Waals surface area contributed by atoms with Crippen molar-refractivity contribution in [2.75, 3.05) is 13.1 Å². The Labute approximate surface area is 185 Å². The van der Waals surface area contributed by atoms with Gasteiger partial charge in [0.05, 0.1) is 10.9 Å². The first kappa shape index (κ1) is 22.0. The summed E-state index contributed by atoms with van der Waals surface area (Å²) in [6.45, 7) is 2.86. The minimum atomic E-state index is -3.49. The van der Waals surface area contributed by atoms with Crippen LogP contribution in [-0.4, -0.2) is 31.7 Å². The minimum Gasteiger partial charge on any atom is -0.349 e. The van der Waals surface area contributed by atoms with Crippen LogP contribution in [0.1, 0.15) is 61.8 Å². The normalized spacial score (nSPS) is 18.9. The van der Waals surface area contributed by atoms with Crippen LogP contribution in [-0.2, 0) is 27.7 Å². The van der Waals surface area contributed by atoms with Crippen LogP contribution in [0.4, 0.5) is 0 Å². The molecular weight excluding hydrogens is 408 g/mol. The highest BCUT2D eigenvalue weighted by atomic mass is 32.2. The quantitative estimate of drug-likeness (QED) is 0.731. The van der Waals surface area contributed by atoms with Gasteiger partial charge in [-0.15, -0.1) is 0 Å². The molecule has 2 aromatic carbocycles. The number of amides is 1. The Kier molecular flexibility index (Phi) is 6.77. The maximum Gasteiger partial charge on any atom is 0.243 e. The first-order valence-electron chi connectivity index (χ1n) is 11.5. The fraction of sp³-hybridized carbons (Fsp3) is 0.480. The number of fused-ring (bicyclic) bond motifs is 1. The molecule has 2 aromatic rings. The van der Waals surface area contributed by atoms with Gasteiger partial charge >= 0.3 is 0 Å². The van der Waals surface area contributed by atoms with E-state index < -0.39 is 10.0 Å². The van der Waals surface area contributed by atoms with Crippen molar-refractivity contribution in [1.82, 2.24) is 9.62 Å². The standard InChI is InChI=1S/C25H32N2O3S/c1-2-24(22-13-12-19-8-6-7-9-21(19)18-22)26-25(28)20-14-16-27(17-15-20)31(29,30)23-10-4-3-5-11-23/h3-5,10-13,18,20,24H,2,6-9,14-17H2,1H3,(H,26,28)/t24-/m1/s1. The van der Waals surface area contributed by atoms with E-state index in [0.717, 1.165) is 19.3 Å². The summed E-state index contributed by atoms with van der Waals surface area (Å²) in [5.41, 5.74) is 4.06. The molecule has 6 heteroatoms. The smallest absolute Gasteiger partial charge is 0.243 e. The van der Waals surface area contributed by atoms with Crippen molar-refractivity contribution in [1.29, 1.82) is 0 Å². The molecule has 0 unspecified atom stereocenters. The highest BCUT2D eigenvalue weighted by molar-refractivity contribution is 7.89. The number of carbonyl (C=O) groups excluding carboxylic acids is 1. The summed E-state index contributed by atoms with van der Waals surface area (Å²) in [6.07, 6.45) is 6.73. The largest absolute Gasteiger partial charge is 0.349 e. The zero-order valence-corrected chi connectivity index (χ0v) is 19.0. The number of carbonyl (C=O) groups is 1. The number of hydrogen-bond donors (Lipinski definition) is 1. The second-order valence-electron chi connectivity index (χ2n) is 8.70. The summed E-state index contributed by atoms with van der Waals surface area (Å²) in [7, 11) is -3.49. The highest BCUT2D eigenvalue weighted by Crippen LogP contribution is 2.28. The van der Waals surface area contributed by atoms with Gasteiger partial charge in [0.15, 0.2) is 0 Å². The van der Waals surface area contributed by atoms with Crippen molar-refractivity contribution in [3.8, 4) is 0 Å². The second kappa shape index (κ2) is 9.53. The fourth-order valence-electron chi connectivity index (χ4n) is 4.78. The lowest BCUT2D eigenvalue weighted by molar-refractivity contribution is -0.126. The molecule has 1 saturated heterocycles. The van der Waals surface area contributed by atoms with Crippen molar-refractivity contribution in [2.24, 2.45) is 5.92 Å². The molecular formula is C25H32N2O3S. The molecule has 5 nitrogen and oxygen atoms in total. The van der Waals surface area contributed by atoms with Gasteiger partial charge in [-0.05, 0) is 73.8 Å². The predicted molar refractivity (Wildman–Crippen MR) is 122 cm³/mol. The SMILES string of the molecule is CC[C@@H](NC(=O)C1CCN(S(=O)(=O)c2ccccc2)CC1)c1ccc2c(c1)CCCC2. The minimum absolute atomic E-state index is 0.00538. The Morgan fingerprint density at radius 1 is 1.03 bits per heavy atom. The van der Waals surface area contributed by atoms with Crippen molar-refractivity contribution < 1.29 is 13.2 Å². The monoisotopic (exact) mass is 440 g/mol. The van der Waals surface area contributed by atoms with Gasteiger partial charge in [0.25, 0.3) is 0 Å². The molecule has 2 aliphatic rings. The van der Waals surface area contributed by atoms with Crippen LogP contribution in [0, 0.1) is 5.92 Å². The van der Waals surface area contributed by atoms with Crippen LogP contribution in [0.15, 0.2) is 53.4 Å². The Morgan fingerprint density at radius 3 is 2.39 bits per heavy atom. The summed E-state index contributed by atoms with van der Waals surface area (Å²) in [5, 5.41) is 3.24. The molecule has 1 aliphatic carbocycles. The molecule has 0 saturated carbocycles. The van der Waals surface area contributed by atoms with Crippen molar-refractivity contribution in [3.05, 3.63) is 65.2 Å². The van der Waals surface area contributed by atoms with E-state index in [4.69, 9.17) is 0 Å². The van der Waals surface area contributed by atoms with Gasteiger partial charge in [-0.1, -0.05) is 43.3 Å². The summed E-state index contributed by atoms with van der Waals surface area (Å²) >= 11 is 0. The molecule has 1 fully saturated rings. The average molecular weight is 441 g/mol. The first-order valence-corrected chi connectivity index (χ1v) is 12.9. The predicted octanol–water partition coefficient (Wildman–Crippen LogP) is 4.23. The number of benzene rings is 2. The lowest BCUT2D eigenvalue weighted by atomic mass is 9.88. The Balaban J connectivity index is 1.37. The topological polar surface area (TPSA) is 66.5 Å². The third kappa shape index (κ3) is 4.85. The van der Waals surface area contributed by atoms with E-state index in [1.54, 1.807) is 24.3 Å². The molecule has 4 rings (SSSR count). The number of rotatable bonds is 6. The molecule has 0 bridgehead atoms. The van der Waals surface area contributed by atoms with Crippen LogP contribution in [0.3, 0.4) is 0 Å². The molecule has 1 amide bonds. The maximum atomic E-state index is 13.0. The summed E-state index contributed by atoms with van der Waals surface area (Å²) in [5.74, 6) is -0.102. The van der Waals surface area contributed by atoms with E-state index in [0.29, 0.717) is 30.8 Å². The van der Waals surface area contributed by atoms with Crippen molar-refractivity contribution in [3.63, 3.8) is 0 Å². The van der Waals surface area contributed by atoms with E-state index in [9.17, 15) is 13.2 Å². The fourth-order valence-corrected chi connectivity index (χ4v) is 6.27. The maximum absolute atomic E-state index is 13.0. The van der Waals surface area contributed by atoms with Crippen LogP contribution in [0.25, 0.3) is 0 Å². The van der Waals surface area contributed by atoms with Crippen molar-refractivity contribution in [2.45, 2.75) is 62.8 Å². The number of piperidine rings is 1. The van der Waals surface area contributed by atoms with E-state index in [-0.39, 0.29) is 17.9 Å². The molecule has 1 N–H and O–H groups in total. The third-order valence-corrected chi connectivity index (χ3v) is 8.62. The number of nitrogens with zero attached hydrogens (tertiary/aromatic N) is 1. The molecule has 166 valence electrons. The summed E-state index contributed by atoms with van der Waals surface area (Å²) < 4.78 is 27.1. The molecule has 1 atom stereocenters. The summed E-state index contributed by atoms with van der Waals surface area (Å²) in [4.78, 5) is 13.3. The van der Waals surface area contributed by atoms with Gasteiger partial charge in [-0.25, -0.2) is 8.42 Å². The van der Waals surface area contributed by atoms with Gasteiger partial charge in [0, 0.05) is 19.0 Å². The molecule has 31 heavy (non-hydrogen) atoms. The Morgan fingerprint density at radius 2 is 1.71 bits per heavy atom. The van der Waals surface area contributed by atoms with Crippen LogP contribution >= 0.6 is 0 Å². The first-order chi connectivity index (χ1) is 15.0. The zero-order valence-electron chi connectivity index (χ0n) is 18.2. The third-order valence-electron chi connectivity index (χ3n) is 6.71. The van der Waals surface area contributed by atoms with E-state index >= 15 is 0 Å². The van der Waals surface area contributed by atoms with E-state index in [1.165, 1.54) is 33.8 Å². The van der Waals surface area contributed by atoms with Gasteiger partial charge < -0.3 is 5.32 Å². The number of hydrogen-bond acceptors (Lipinski definition) is 3.